The van der Waals surface area contributed by atoms with Gasteiger partial charge in [-0.15, -0.1) is 24.8 Å². The van der Waals surface area contributed by atoms with Crippen LogP contribution in [0.1, 0.15) is 25.7 Å². The van der Waals surface area contributed by atoms with Gasteiger partial charge >= 0.3 is 0 Å². The molecule has 0 saturated carbocycles. The number of halogens is 2. The van der Waals surface area contributed by atoms with E-state index in [0.29, 0.717) is 0 Å². The second-order valence-corrected chi connectivity index (χ2v) is 7.41. The molecule has 2 N–H and O–H groups in total. The van der Waals surface area contributed by atoms with Crippen molar-refractivity contribution in [2.75, 3.05) is 78.8 Å². The van der Waals surface area contributed by atoms with E-state index in [1.807, 2.05) is 0 Å². The van der Waals surface area contributed by atoms with Gasteiger partial charge in [-0.2, -0.15) is 0 Å². The summed E-state index contributed by atoms with van der Waals surface area (Å²) in [5.41, 5.74) is 0. The van der Waals surface area contributed by atoms with Gasteiger partial charge in [-0.3, -0.25) is 9.80 Å². The van der Waals surface area contributed by atoms with Crippen LogP contribution in [0.4, 0.5) is 0 Å². The van der Waals surface area contributed by atoms with Gasteiger partial charge in [0.15, 0.2) is 0 Å². The Kier molecular flexibility index (Phi) is 13.5. The molecule has 0 aromatic rings. The smallest absolute Gasteiger partial charge is 0.0594 e. The molecule has 0 aliphatic carbocycles. The van der Waals surface area contributed by atoms with Crippen molar-refractivity contribution in [3.63, 3.8) is 0 Å². The summed E-state index contributed by atoms with van der Waals surface area (Å²) in [6.45, 7) is 13.1. The molecule has 26 heavy (non-hydrogen) atoms. The van der Waals surface area contributed by atoms with E-state index in [0.717, 1.165) is 64.7 Å². The maximum Gasteiger partial charge on any atom is 0.0594 e. The third-order valence-corrected chi connectivity index (χ3v) is 5.49. The average Bonchev–Trinajstić information content (AvgIpc) is 3.32. The molecule has 4 heterocycles. The minimum absolute atomic E-state index is 0. The first-order chi connectivity index (χ1) is 11.9. The van der Waals surface area contributed by atoms with Crippen molar-refractivity contribution in [1.29, 1.82) is 0 Å². The lowest BCUT2D eigenvalue weighted by Gasteiger charge is -2.28. The van der Waals surface area contributed by atoms with Gasteiger partial charge < -0.3 is 20.1 Å². The zero-order chi connectivity index (χ0) is 16.5. The molecule has 0 bridgehead atoms. The highest BCUT2D eigenvalue weighted by Gasteiger charge is 2.19. The molecule has 0 unspecified atom stereocenters. The summed E-state index contributed by atoms with van der Waals surface area (Å²) in [7, 11) is 0. The zero-order valence-electron chi connectivity index (χ0n) is 16.0. The van der Waals surface area contributed by atoms with E-state index in [1.165, 1.54) is 51.9 Å². The number of nitrogens with one attached hydrogen (secondary N) is 2. The van der Waals surface area contributed by atoms with Gasteiger partial charge in [0.05, 0.1) is 26.4 Å². The lowest BCUT2D eigenvalue weighted by molar-refractivity contribution is 0.0344. The van der Waals surface area contributed by atoms with Crippen LogP contribution in [-0.4, -0.2) is 101 Å². The molecule has 4 rings (SSSR count). The van der Waals surface area contributed by atoms with Gasteiger partial charge in [0.25, 0.3) is 0 Å². The summed E-state index contributed by atoms with van der Waals surface area (Å²) in [5.74, 6) is 0. The highest BCUT2D eigenvalue weighted by atomic mass is 35.5. The lowest BCUT2D eigenvalue weighted by Crippen LogP contribution is -2.43. The molecule has 4 fully saturated rings. The van der Waals surface area contributed by atoms with E-state index in [-0.39, 0.29) is 24.8 Å². The van der Waals surface area contributed by atoms with E-state index in [9.17, 15) is 0 Å². The molecule has 0 radical (unpaired) electrons. The highest BCUT2D eigenvalue weighted by molar-refractivity contribution is 5.85. The van der Waals surface area contributed by atoms with Crippen LogP contribution < -0.4 is 10.6 Å². The summed E-state index contributed by atoms with van der Waals surface area (Å²) >= 11 is 0. The minimum Gasteiger partial charge on any atom is -0.379 e. The van der Waals surface area contributed by atoms with E-state index >= 15 is 0 Å². The number of ether oxygens (including phenoxy) is 2. The average molecular weight is 413 g/mol. The van der Waals surface area contributed by atoms with Gasteiger partial charge in [0.1, 0.15) is 0 Å². The normalized spacial score (nSPS) is 30.0. The van der Waals surface area contributed by atoms with Crippen molar-refractivity contribution in [2.24, 2.45) is 0 Å². The standard InChI is InChI=1S/2C9H18N2O.2ClH/c2*1-2-9(10-3-1)8-11-4-6-12-7-5-11;;/h2*9-10H,1-8H2;2*1H/t2*9-;;/m00../s1. The van der Waals surface area contributed by atoms with Crippen LogP contribution >= 0.6 is 24.8 Å². The van der Waals surface area contributed by atoms with Crippen LogP contribution in [0.2, 0.25) is 0 Å². The largest absolute Gasteiger partial charge is 0.379 e. The molecular formula is C18H38Cl2N4O2. The van der Waals surface area contributed by atoms with Gasteiger partial charge in [0.2, 0.25) is 0 Å². The summed E-state index contributed by atoms with van der Waals surface area (Å²) in [4.78, 5) is 5.01. The topological polar surface area (TPSA) is 49.0 Å². The third kappa shape index (κ3) is 9.02. The Morgan fingerprint density at radius 1 is 0.654 bits per heavy atom. The van der Waals surface area contributed by atoms with E-state index in [2.05, 4.69) is 20.4 Å². The number of rotatable bonds is 4. The van der Waals surface area contributed by atoms with Crippen molar-refractivity contribution in [1.82, 2.24) is 20.4 Å². The molecule has 0 aromatic heterocycles. The number of nitrogens with zero attached hydrogens (tertiary/aromatic N) is 2. The molecule has 6 nitrogen and oxygen atoms in total. The monoisotopic (exact) mass is 412 g/mol. The van der Waals surface area contributed by atoms with Crippen LogP contribution in [-0.2, 0) is 9.47 Å². The SMILES string of the molecule is C1CN[C@H](CN2CCOCC2)C1.C1CN[C@H](CN2CCOCC2)C1.Cl.Cl. The summed E-state index contributed by atoms with van der Waals surface area (Å²) in [6, 6.07) is 1.51. The molecule has 4 saturated heterocycles. The first kappa shape index (κ1) is 24.4. The van der Waals surface area contributed by atoms with Crippen molar-refractivity contribution < 1.29 is 9.47 Å². The molecule has 156 valence electrons. The fourth-order valence-corrected chi connectivity index (χ4v) is 4.02. The fourth-order valence-electron chi connectivity index (χ4n) is 4.02. The van der Waals surface area contributed by atoms with Crippen LogP contribution in [0, 0.1) is 0 Å². The van der Waals surface area contributed by atoms with Crippen molar-refractivity contribution in [3.8, 4) is 0 Å². The third-order valence-electron chi connectivity index (χ3n) is 5.49. The molecule has 4 aliphatic rings. The number of hydrogen-bond acceptors (Lipinski definition) is 6. The number of hydrogen-bond donors (Lipinski definition) is 2. The summed E-state index contributed by atoms with van der Waals surface area (Å²) in [5, 5.41) is 7.04. The Balaban J connectivity index is 0.000000241. The van der Waals surface area contributed by atoms with Crippen LogP contribution in [0.25, 0.3) is 0 Å². The van der Waals surface area contributed by atoms with E-state index < -0.39 is 0 Å². The fraction of sp³-hybridized carbons (Fsp3) is 1.00. The van der Waals surface area contributed by atoms with Gasteiger partial charge in [0, 0.05) is 51.4 Å². The van der Waals surface area contributed by atoms with Crippen LogP contribution in [0.5, 0.6) is 0 Å². The first-order valence-electron chi connectivity index (χ1n) is 9.97. The van der Waals surface area contributed by atoms with Crippen molar-refractivity contribution in [2.45, 2.75) is 37.8 Å². The minimum atomic E-state index is 0. The summed E-state index contributed by atoms with van der Waals surface area (Å²) in [6.07, 6.45) is 5.43. The Hall–Kier alpha value is 0.340. The zero-order valence-corrected chi connectivity index (χ0v) is 17.6. The Bertz CT molecular complexity index is 299. The quantitative estimate of drug-likeness (QED) is 0.717. The lowest BCUT2D eigenvalue weighted by atomic mass is 10.2. The van der Waals surface area contributed by atoms with Crippen molar-refractivity contribution in [3.05, 3.63) is 0 Å². The predicted molar refractivity (Wildman–Crippen MR) is 111 cm³/mol. The molecular weight excluding hydrogens is 375 g/mol. The highest BCUT2D eigenvalue weighted by Crippen LogP contribution is 2.08. The predicted octanol–water partition coefficient (Wildman–Crippen LogP) is 0.985. The maximum atomic E-state index is 5.30. The van der Waals surface area contributed by atoms with Gasteiger partial charge in [-0.1, -0.05) is 0 Å². The van der Waals surface area contributed by atoms with E-state index in [4.69, 9.17) is 9.47 Å². The Labute approximate surface area is 171 Å². The molecule has 0 amide bonds. The maximum absolute atomic E-state index is 5.30. The van der Waals surface area contributed by atoms with E-state index in [1.54, 1.807) is 0 Å². The van der Waals surface area contributed by atoms with Crippen LogP contribution in [0.3, 0.4) is 0 Å². The second kappa shape index (κ2) is 14.4. The number of morpholine rings is 2. The van der Waals surface area contributed by atoms with Crippen molar-refractivity contribution >= 4 is 24.8 Å². The summed E-state index contributed by atoms with van der Waals surface area (Å²) < 4.78 is 10.6. The molecule has 8 heteroatoms. The molecule has 0 spiro atoms. The Morgan fingerprint density at radius 2 is 1.04 bits per heavy atom. The molecule has 0 aromatic carbocycles. The molecule has 4 aliphatic heterocycles. The van der Waals surface area contributed by atoms with Crippen LogP contribution in [0.15, 0.2) is 0 Å². The van der Waals surface area contributed by atoms with Gasteiger partial charge in [-0.05, 0) is 38.8 Å². The Morgan fingerprint density at radius 3 is 1.35 bits per heavy atom. The first-order valence-corrected chi connectivity index (χ1v) is 9.97. The van der Waals surface area contributed by atoms with Gasteiger partial charge in [-0.25, -0.2) is 0 Å². The second-order valence-electron chi connectivity index (χ2n) is 7.41. The molecule has 2 atom stereocenters.